The van der Waals surface area contributed by atoms with Crippen molar-refractivity contribution in [3.63, 3.8) is 0 Å². The van der Waals surface area contributed by atoms with Crippen LogP contribution in [0.3, 0.4) is 0 Å². The van der Waals surface area contributed by atoms with Crippen LogP contribution >= 0.6 is 0 Å². The fraction of sp³-hybridized carbons (Fsp3) is 0.286. The molecule has 0 aliphatic heterocycles. The second-order valence-electron chi connectivity index (χ2n) is 4.30. The number of hydrogen-bond acceptors (Lipinski definition) is 4. The molecule has 0 fully saturated rings. The molecule has 2 aromatic rings. The summed E-state index contributed by atoms with van der Waals surface area (Å²) in [6, 6.07) is 7.69. The van der Waals surface area contributed by atoms with Crippen molar-refractivity contribution >= 4 is 5.82 Å². The van der Waals surface area contributed by atoms with Gasteiger partial charge in [0.25, 0.3) is 0 Å². The molecule has 4 nitrogen and oxygen atoms in total. The molecule has 0 unspecified atom stereocenters. The van der Waals surface area contributed by atoms with Gasteiger partial charge in [0.15, 0.2) is 0 Å². The summed E-state index contributed by atoms with van der Waals surface area (Å²) in [4.78, 5) is 10.4. The Balaban J connectivity index is 2.21. The molecule has 94 valence electrons. The fourth-order valence-corrected chi connectivity index (χ4v) is 1.89. The van der Waals surface area contributed by atoms with Gasteiger partial charge in [-0.1, -0.05) is 6.07 Å². The second-order valence-corrected chi connectivity index (χ2v) is 4.30. The maximum atomic E-state index is 9.74. The molecule has 0 aromatic carbocycles. The van der Waals surface area contributed by atoms with E-state index in [2.05, 4.69) is 9.97 Å². The number of rotatable bonds is 4. The van der Waals surface area contributed by atoms with Gasteiger partial charge in [-0.25, -0.2) is 4.98 Å². The summed E-state index contributed by atoms with van der Waals surface area (Å²) in [5, 5.41) is 9.74. The minimum Gasteiger partial charge on any atom is -0.389 e. The van der Waals surface area contributed by atoms with Gasteiger partial charge in [0.1, 0.15) is 5.82 Å². The molecule has 0 aliphatic carbocycles. The zero-order valence-electron chi connectivity index (χ0n) is 10.6. The number of nitrogens with zero attached hydrogens (tertiary/aromatic N) is 3. The minimum atomic E-state index is -0.520. The highest BCUT2D eigenvalue weighted by atomic mass is 16.3. The third-order valence-electron chi connectivity index (χ3n) is 2.80. The summed E-state index contributed by atoms with van der Waals surface area (Å²) in [5.74, 6) is 0.810. The van der Waals surface area contributed by atoms with Gasteiger partial charge < -0.3 is 10.0 Å². The number of aliphatic hydroxyl groups excluding tert-OH is 1. The molecule has 2 heterocycles. The topological polar surface area (TPSA) is 49.3 Å². The molecule has 0 bridgehead atoms. The Morgan fingerprint density at radius 1 is 1.22 bits per heavy atom. The smallest absolute Gasteiger partial charge is 0.134 e. The summed E-state index contributed by atoms with van der Waals surface area (Å²) in [7, 11) is 1.97. The van der Waals surface area contributed by atoms with Gasteiger partial charge in [-0.3, -0.25) is 4.98 Å². The molecular formula is C14H17N3O. The Kier molecular flexibility index (Phi) is 3.89. The van der Waals surface area contributed by atoms with Gasteiger partial charge in [-0.05, 0) is 30.7 Å². The Hall–Kier alpha value is -1.94. The van der Waals surface area contributed by atoms with Gasteiger partial charge in [0, 0.05) is 37.7 Å². The molecule has 1 N–H and O–H groups in total. The molecule has 4 heteroatoms. The Morgan fingerprint density at radius 2 is 1.94 bits per heavy atom. The van der Waals surface area contributed by atoms with Gasteiger partial charge in [-0.2, -0.15) is 0 Å². The standard InChI is InChI=1S/C14H17N3O/c1-11(18)13-4-3-7-16-14(13)17(2)10-12-5-8-15-9-6-12/h3-9,11,18H,10H2,1-2H3/t11-/m1/s1. The lowest BCUT2D eigenvalue weighted by molar-refractivity contribution is 0.199. The fourth-order valence-electron chi connectivity index (χ4n) is 1.89. The first-order valence-corrected chi connectivity index (χ1v) is 5.91. The number of anilines is 1. The molecular weight excluding hydrogens is 226 g/mol. The highest BCUT2D eigenvalue weighted by molar-refractivity contribution is 5.47. The predicted molar refractivity (Wildman–Crippen MR) is 71.2 cm³/mol. The van der Waals surface area contributed by atoms with Crippen molar-refractivity contribution in [3.05, 3.63) is 54.0 Å². The first-order valence-electron chi connectivity index (χ1n) is 5.91. The van der Waals surface area contributed by atoms with Crippen molar-refractivity contribution in [1.82, 2.24) is 9.97 Å². The molecule has 0 saturated heterocycles. The van der Waals surface area contributed by atoms with E-state index in [1.54, 1.807) is 25.5 Å². The van der Waals surface area contributed by atoms with E-state index in [4.69, 9.17) is 0 Å². The first-order chi connectivity index (χ1) is 8.68. The number of aromatic nitrogens is 2. The van der Waals surface area contributed by atoms with E-state index in [0.717, 1.165) is 23.5 Å². The Labute approximate surface area is 107 Å². The Bertz CT molecular complexity index is 499. The van der Waals surface area contributed by atoms with Crippen LogP contribution in [0.15, 0.2) is 42.9 Å². The van der Waals surface area contributed by atoms with Gasteiger partial charge >= 0.3 is 0 Å². The van der Waals surface area contributed by atoms with E-state index in [-0.39, 0.29) is 0 Å². The van der Waals surface area contributed by atoms with Crippen molar-refractivity contribution < 1.29 is 5.11 Å². The van der Waals surface area contributed by atoms with E-state index in [1.165, 1.54) is 0 Å². The molecule has 0 aliphatic rings. The zero-order chi connectivity index (χ0) is 13.0. The third kappa shape index (κ3) is 2.84. The summed E-state index contributed by atoms with van der Waals surface area (Å²) >= 11 is 0. The van der Waals surface area contributed by atoms with E-state index < -0.39 is 6.10 Å². The molecule has 0 amide bonds. The molecule has 0 saturated carbocycles. The van der Waals surface area contributed by atoms with E-state index >= 15 is 0 Å². The maximum absolute atomic E-state index is 9.74. The molecule has 2 aromatic heterocycles. The average molecular weight is 243 g/mol. The van der Waals surface area contributed by atoms with Crippen LogP contribution in [0.4, 0.5) is 5.82 Å². The first kappa shape index (κ1) is 12.5. The Morgan fingerprint density at radius 3 is 2.61 bits per heavy atom. The minimum absolute atomic E-state index is 0.520. The molecule has 1 atom stereocenters. The summed E-state index contributed by atoms with van der Waals surface area (Å²) in [6.07, 6.45) is 4.77. The van der Waals surface area contributed by atoms with E-state index in [9.17, 15) is 5.11 Å². The van der Waals surface area contributed by atoms with Crippen molar-refractivity contribution in [2.75, 3.05) is 11.9 Å². The third-order valence-corrected chi connectivity index (χ3v) is 2.80. The van der Waals surface area contributed by atoms with Crippen molar-refractivity contribution in [1.29, 1.82) is 0 Å². The largest absolute Gasteiger partial charge is 0.389 e. The quantitative estimate of drug-likeness (QED) is 0.894. The lowest BCUT2D eigenvalue weighted by atomic mass is 10.1. The summed E-state index contributed by atoms with van der Waals surface area (Å²) in [6.45, 7) is 2.49. The summed E-state index contributed by atoms with van der Waals surface area (Å²) < 4.78 is 0. The SMILES string of the molecule is C[C@@H](O)c1cccnc1N(C)Cc1ccncc1. The number of pyridine rings is 2. The lowest BCUT2D eigenvalue weighted by Crippen LogP contribution is -2.20. The van der Waals surface area contributed by atoms with Crippen LogP contribution in [0.5, 0.6) is 0 Å². The van der Waals surface area contributed by atoms with Crippen molar-refractivity contribution in [3.8, 4) is 0 Å². The maximum Gasteiger partial charge on any atom is 0.134 e. The van der Waals surface area contributed by atoms with Gasteiger partial charge in [0.2, 0.25) is 0 Å². The van der Waals surface area contributed by atoms with Crippen LogP contribution in [-0.4, -0.2) is 22.1 Å². The highest BCUT2D eigenvalue weighted by Crippen LogP contribution is 2.23. The summed E-state index contributed by atoms with van der Waals surface area (Å²) in [5.41, 5.74) is 2.00. The van der Waals surface area contributed by atoms with Crippen LogP contribution < -0.4 is 4.90 Å². The van der Waals surface area contributed by atoms with Crippen LogP contribution in [0.25, 0.3) is 0 Å². The average Bonchev–Trinajstić information content (AvgIpc) is 2.40. The second kappa shape index (κ2) is 5.60. The van der Waals surface area contributed by atoms with Crippen LogP contribution in [0, 0.1) is 0 Å². The normalized spacial score (nSPS) is 12.2. The monoisotopic (exact) mass is 243 g/mol. The van der Waals surface area contributed by atoms with Gasteiger partial charge in [-0.15, -0.1) is 0 Å². The van der Waals surface area contributed by atoms with Crippen molar-refractivity contribution in [2.45, 2.75) is 19.6 Å². The molecule has 18 heavy (non-hydrogen) atoms. The van der Waals surface area contributed by atoms with Crippen LogP contribution in [0.2, 0.25) is 0 Å². The van der Waals surface area contributed by atoms with E-state index in [0.29, 0.717) is 0 Å². The number of aliphatic hydroxyl groups is 1. The predicted octanol–water partition coefficient (Wildman–Crippen LogP) is 2.17. The van der Waals surface area contributed by atoms with Crippen LogP contribution in [-0.2, 0) is 6.54 Å². The lowest BCUT2D eigenvalue weighted by Gasteiger charge is -2.22. The van der Waals surface area contributed by atoms with E-state index in [1.807, 2.05) is 36.2 Å². The van der Waals surface area contributed by atoms with Crippen LogP contribution in [0.1, 0.15) is 24.2 Å². The van der Waals surface area contributed by atoms with Gasteiger partial charge in [0.05, 0.1) is 6.10 Å². The highest BCUT2D eigenvalue weighted by Gasteiger charge is 2.12. The molecule has 0 radical (unpaired) electrons. The molecule has 2 rings (SSSR count). The number of hydrogen-bond donors (Lipinski definition) is 1. The molecule has 0 spiro atoms. The zero-order valence-corrected chi connectivity index (χ0v) is 10.6. The van der Waals surface area contributed by atoms with Crippen molar-refractivity contribution in [2.24, 2.45) is 0 Å².